The van der Waals surface area contributed by atoms with Crippen LogP contribution in [0.2, 0.25) is 0 Å². The van der Waals surface area contributed by atoms with Gasteiger partial charge in [0.1, 0.15) is 5.75 Å². The van der Waals surface area contributed by atoms with Crippen LogP contribution in [-0.2, 0) is 14.3 Å². The van der Waals surface area contributed by atoms with Crippen LogP contribution in [0.1, 0.15) is 71.1 Å². The van der Waals surface area contributed by atoms with Crippen LogP contribution < -0.4 is 0 Å². The largest absolute Gasteiger partial charge is 0.394 e. The molecule has 0 heterocycles. The summed E-state index contributed by atoms with van der Waals surface area (Å²) >= 11 is 0. The SMILES string of the molecule is CCCCCCCCCCCCOS(=O)(=O)CC(O)CO.[K]. The van der Waals surface area contributed by atoms with E-state index in [1.807, 2.05) is 0 Å². The van der Waals surface area contributed by atoms with Gasteiger partial charge in [-0.25, -0.2) is 0 Å². The maximum atomic E-state index is 11.4. The summed E-state index contributed by atoms with van der Waals surface area (Å²) in [5.41, 5.74) is 0. The number of rotatable bonds is 15. The third kappa shape index (κ3) is 17.8. The van der Waals surface area contributed by atoms with Crippen molar-refractivity contribution in [3.05, 3.63) is 0 Å². The number of aliphatic hydroxyl groups is 2. The van der Waals surface area contributed by atoms with Gasteiger partial charge in [0, 0.05) is 51.4 Å². The molecule has 1 atom stereocenters. The van der Waals surface area contributed by atoms with Gasteiger partial charge >= 0.3 is 0 Å². The molecule has 0 aromatic rings. The van der Waals surface area contributed by atoms with Gasteiger partial charge < -0.3 is 10.2 Å². The normalized spacial score (nSPS) is 12.9. The van der Waals surface area contributed by atoms with Crippen molar-refractivity contribution < 1.29 is 22.8 Å². The first kappa shape index (κ1) is 25.7. The summed E-state index contributed by atoms with van der Waals surface area (Å²) in [7, 11) is -3.71. The summed E-state index contributed by atoms with van der Waals surface area (Å²) in [6.45, 7) is 1.81. The molecule has 0 aromatic heterocycles. The van der Waals surface area contributed by atoms with E-state index >= 15 is 0 Å². The molecule has 0 spiro atoms. The Morgan fingerprint density at radius 3 is 1.82 bits per heavy atom. The van der Waals surface area contributed by atoms with Crippen molar-refractivity contribution >= 4 is 61.5 Å². The molecule has 0 fully saturated rings. The molecule has 5 nitrogen and oxygen atoms in total. The van der Waals surface area contributed by atoms with Crippen LogP contribution in [0.15, 0.2) is 0 Å². The molecule has 0 aliphatic rings. The summed E-state index contributed by atoms with van der Waals surface area (Å²) in [6.07, 6.45) is 10.5. The fourth-order valence-electron chi connectivity index (χ4n) is 2.11. The molecule has 0 aromatic carbocycles. The van der Waals surface area contributed by atoms with Crippen molar-refractivity contribution in [3.8, 4) is 0 Å². The van der Waals surface area contributed by atoms with E-state index in [4.69, 9.17) is 14.4 Å². The fraction of sp³-hybridized carbons (Fsp3) is 1.00. The van der Waals surface area contributed by atoms with E-state index in [1.165, 1.54) is 44.9 Å². The minimum absolute atomic E-state index is 0. The van der Waals surface area contributed by atoms with Crippen LogP contribution in [0.25, 0.3) is 0 Å². The van der Waals surface area contributed by atoms with E-state index in [-0.39, 0.29) is 58.0 Å². The van der Waals surface area contributed by atoms with E-state index < -0.39 is 28.6 Å². The van der Waals surface area contributed by atoms with Gasteiger partial charge in [0.25, 0.3) is 10.1 Å². The third-order valence-corrected chi connectivity index (χ3v) is 4.69. The van der Waals surface area contributed by atoms with Gasteiger partial charge in [-0.2, -0.15) is 8.42 Å². The fourth-order valence-corrected chi connectivity index (χ4v) is 3.16. The maximum absolute atomic E-state index is 11.4. The molecule has 2 N–H and O–H groups in total. The van der Waals surface area contributed by atoms with Crippen LogP contribution in [0.4, 0.5) is 0 Å². The average Bonchev–Trinajstić information content (AvgIpc) is 2.44. The van der Waals surface area contributed by atoms with Crippen LogP contribution in [0, 0.1) is 0 Å². The molecule has 0 aliphatic heterocycles. The smallest absolute Gasteiger partial charge is 0.269 e. The second kappa shape index (κ2) is 17.3. The zero-order valence-electron chi connectivity index (χ0n) is 14.3. The number of unbranched alkanes of at least 4 members (excludes halogenated alkanes) is 9. The molecule has 0 saturated carbocycles. The Kier molecular flexibility index (Phi) is 20.2. The third-order valence-electron chi connectivity index (χ3n) is 3.37. The van der Waals surface area contributed by atoms with Gasteiger partial charge in [-0.05, 0) is 6.42 Å². The Morgan fingerprint density at radius 2 is 1.36 bits per heavy atom. The molecule has 0 bridgehead atoms. The quantitative estimate of drug-likeness (QED) is 0.265. The van der Waals surface area contributed by atoms with Crippen LogP contribution in [0.3, 0.4) is 0 Å². The van der Waals surface area contributed by atoms with E-state index in [0.29, 0.717) is 6.42 Å². The minimum Gasteiger partial charge on any atom is -0.394 e. The summed E-state index contributed by atoms with van der Waals surface area (Å²) < 4.78 is 27.5. The van der Waals surface area contributed by atoms with Crippen molar-refractivity contribution in [2.75, 3.05) is 19.0 Å². The summed E-state index contributed by atoms with van der Waals surface area (Å²) in [6, 6.07) is 0. The summed E-state index contributed by atoms with van der Waals surface area (Å²) in [4.78, 5) is 0. The Bertz CT molecular complexity index is 322. The molecule has 22 heavy (non-hydrogen) atoms. The first-order chi connectivity index (χ1) is 10.0. The van der Waals surface area contributed by atoms with Crippen molar-refractivity contribution in [2.45, 2.75) is 77.2 Å². The first-order valence-corrected chi connectivity index (χ1v) is 9.75. The van der Waals surface area contributed by atoms with Crippen LogP contribution in [-0.4, -0.2) is 95.1 Å². The zero-order valence-corrected chi connectivity index (χ0v) is 18.2. The minimum atomic E-state index is -3.71. The van der Waals surface area contributed by atoms with Gasteiger partial charge in [0.2, 0.25) is 0 Å². The Labute approximate surface area is 178 Å². The predicted molar refractivity (Wildman–Crippen MR) is 90.4 cm³/mol. The van der Waals surface area contributed by atoms with E-state index in [2.05, 4.69) is 6.92 Å². The molecule has 0 rings (SSSR count). The molecule has 0 amide bonds. The molecule has 1 unspecified atom stereocenters. The molecule has 7 heteroatoms. The van der Waals surface area contributed by atoms with Gasteiger partial charge in [-0.3, -0.25) is 4.18 Å². The summed E-state index contributed by atoms with van der Waals surface area (Å²) in [5.74, 6) is -0.540. The van der Waals surface area contributed by atoms with Crippen molar-refractivity contribution in [1.82, 2.24) is 0 Å². The molecule has 129 valence electrons. The Balaban J connectivity index is 0. The Morgan fingerprint density at radius 1 is 0.909 bits per heavy atom. The number of aliphatic hydroxyl groups excluding tert-OH is 2. The molecular formula is C15H32KO5S. The Hall–Kier alpha value is 1.47. The maximum Gasteiger partial charge on any atom is 0.269 e. The number of hydrogen-bond donors (Lipinski definition) is 2. The second-order valence-electron chi connectivity index (χ2n) is 5.56. The molecular weight excluding hydrogens is 331 g/mol. The van der Waals surface area contributed by atoms with Crippen molar-refractivity contribution in [1.29, 1.82) is 0 Å². The van der Waals surface area contributed by atoms with Gasteiger partial charge in [0.05, 0.1) is 19.3 Å². The molecule has 0 saturated heterocycles. The van der Waals surface area contributed by atoms with E-state index in [0.717, 1.165) is 12.8 Å². The van der Waals surface area contributed by atoms with Gasteiger partial charge in [-0.15, -0.1) is 0 Å². The summed E-state index contributed by atoms with van der Waals surface area (Å²) in [5, 5.41) is 17.6. The standard InChI is InChI=1S/C15H32O5S.K/c1-2-3-4-5-6-7-8-9-10-11-12-20-21(18,19)14-15(17)13-16;/h15-17H,2-14H2,1H3;. The van der Waals surface area contributed by atoms with Gasteiger partial charge in [-0.1, -0.05) is 64.7 Å². The first-order valence-electron chi connectivity index (χ1n) is 8.18. The monoisotopic (exact) mass is 363 g/mol. The number of hydrogen-bond acceptors (Lipinski definition) is 5. The predicted octanol–water partition coefficient (Wildman–Crippen LogP) is 2.23. The van der Waals surface area contributed by atoms with Crippen LogP contribution in [0.5, 0.6) is 0 Å². The molecule has 0 aliphatic carbocycles. The van der Waals surface area contributed by atoms with Crippen LogP contribution >= 0.6 is 0 Å². The van der Waals surface area contributed by atoms with Crippen molar-refractivity contribution in [3.63, 3.8) is 0 Å². The molecule has 1 radical (unpaired) electrons. The van der Waals surface area contributed by atoms with E-state index in [9.17, 15) is 8.42 Å². The van der Waals surface area contributed by atoms with E-state index in [1.54, 1.807) is 0 Å². The second-order valence-corrected chi connectivity index (χ2v) is 7.25. The topological polar surface area (TPSA) is 83.8 Å². The van der Waals surface area contributed by atoms with Crippen molar-refractivity contribution in [2.24, 2.45) is 0 Å². The zero-order chi connectivity index (χ0) is 16.0. The van der Waals surface area contributed by atoms with Gasteiger partial charge in [0.15, 0.2) is 0 Å². The average molecular weight is 364 g/mol.